The number of benzene rings is 1. The van der Waals surface area contributed by atoms with Crippen LogP contribution >= 0.6 is 11.3 Å². The fourth-order valence-corrected chi connectivity index (χ4v) is 3.31. The number of nitrogens with one attached hydrogen (secondary N) is 1. The average Bonchev–Trinajstić information content (AvgIpc) is 3.19. The predicted molar refractivity (Wildman–Crippen MR) is 90.4 cm³/mol. The number of H-pyrrole nitrogens is 1. The van der Waals surface area contributed by atoms with Gasteiger partial charge in [-0.15, -0.1) is 0 Å². The van der Waals surface area contributed by atoms with E-state index in [9.17, 15) is 14.7 Å². The van der Waals surface area contributed by atoms with E-state index in [1.54, 1.807) is 23.8 Å². The minimum atomic E-state index is -0.986. The number of amides is 1. The topological polar surface area (TPSA) is 100 Å². The Bertz CT molecular complexity index is 982. The number of rotatable bonds is 4. The molecule has 0 saturated heterocycles. The van der Waals surface area contributed by atoms with E-state index in [4.69, 9.17) is 0 Å². The maximum absolute atomic E-state index is 12.1. The molecule has 2 N–H and O–H groups in total. The number of imidazole rings is 1. The van der Waals surface area contributed by atoms with Crippen molar-refractivity contribution in [2.75, 3.05) is 0 Å². The predicted octanol–water partition coefficient (Wildman–Crippen LogP) is 2.21. The fraction of sp³-hybridized carbons (Fsp3) is 0.125. The van der Waals surface area contributed by atoms with Crippen molar-refractivity contribution in [2.24, 2.45) is 4.99 Å². The third-order valence-corrected chi connectivity index (χ3v) is 4.44. The van der Waals surface area contributed by atoms with Crippen molar-refractivity contribution < 1.29 is 14.7 Å². The summed E-state index contributed by atoms with van der Waals surface area (Å²) in [4.78, 5) is 34.6. The molecular formula is C16H14N4O3S. The molecule has 1 aromatic carbocycles. The van der Waals surface area contributed by atoms with E-state index < -0.39 is 17.9 Å². The number of aromatic nitrogens is 3. The second kappa shape index (κ2) is 6.63. The zero-order valence-corrected chi connectivity index (χ0v) is 13.5. The van der Waals surface area contributed by atoms with Crippen LogP contribution in [0.1, 0.15) is 18.7 Å². The van der Waals surface area contributed by atoms with Crippen LogP contribution in [0.4, 0.5) is 0 Å². The van der Waals surface area contributed by atoms with Crippen LogP contribution in [0.3, 0.4) is 0 Å². The fourth-order valence-electron chi connectivity index (χ4n) is 2.20. The van der Waals surface area contributed by atoms with Gasteiger partial charge in [0.05, 0.1) is 28.4 Å². The number of para-hydroxylation sites is 1. The van der Waals surface area contributed by atoms with Gasteiger partial charge in [0.2, 0.25) is 0 Å². The van der Waals surface area contributed by atoms with Crippen molar-refractivity contribution in [2.45, 2.75) is 13.0 Å². The number of aliphatic carboxylic acids is 1. The summed E-state index contributed by atoms with van der Waals surface area (Å²) in [7, 11) is 0. The minimum Gasteiger partial charge on any atom is -0.480 e. The molecule has 2 aromatic heterocycles. The van der Waals surface area contributed by atoms with Gasteiger partial charge in [-0.05, 0) is 25.1 Å². The molecule has 0 aliphatic carbocycles. The highest BCUT2D eigenvalue weighted by Crippen LogP contribution is 2.20. The molecule has 1 atom stereocenters. The smallest absolute Gasteiger partial charge is 0.326 e. The van der Waals surface area contributed by atoms with Gasteiger partial charge in [-0.1, -0.05) is 23.5 Å². The van der Waals surface area contributed by atoms with Crippen molar-refractivity contribution in [3.63, 3.8) is 0 Å². The third kappa shape index (κ3) is 3.18. The summed E-state index contributed by atoms with van der Waals surface area (Å²) < 4.78 is 2.43. The first-order valence-electron chi connectivity index (χ1n) is 7.14. The van der Waals surface area contributed by atoms with Gasteiger partial charge in [0.1, 0.15) is 6.04 Å². The van der Waals surface area contributed by atoms with E-state index in [-0.39, 0.29) is 0 Å². The molecular weight excluding hydrogens is 328 g/mol. The molecule has 3 rings (SSSR count). The molecule has 0 aliphatic heterocycles. The van der Waals surface area contributed by atoms with E-state index in [0.717, 1.165) is 10.2 Å². The monoisotopic (exact) mass is 342 g/mol. The van der Waals surface area contributed by atoms with Gasteiger partial charge < -0.3 is 14.7 Å². The molecule has 7 nitrogen and oxygen atoms in total. The van der Waals surface area contributed by atoms with Crippen molar-refractivity contribution >= 4 is 39.5 Å². The number of nitrogens with zero attached hydrogens (tertiary/aromatic N) is 3. The lowest BCUT2D eigenvalue weighted by Crippen LogP contribution is -2.25. The number of fused-ring (bicyclic) bond motifs is 1. The van der Waals surface area contributed by atoms with E-state index >= 15 is 0 Å². The second-order valence-electron chi connectivity index (χ2n) is 5.03. The van der Waals surface area contributed by atoms with Crippen LogP contribution in [0.15, 0.2) is 47.9 Å². The molecule has 1 unspecified atom stereocenters. The van der Waals surface area contributed by atoms with Crippen LogP contribution in [0, 0.1) is 0 Å². The highest BCUT2D eigenvalue weighted by Gasteiger charge is 2.18. The molecule has 24 heavy (non-hydrogen) atoms. The van der Waals surface area contributed by atoms with Crippen molar-refractivity contribution in [1.29, 1.82) is 0 Å². The summed E-state index contributed by atoms with van der Waals surface area (Å²) >= 11 is 1.28. The van der Waals surface area contributed by atoms with Gasteiger partial charge in [0, 0.05) is 6.08 Å². The van der Waals surface area contributed by atoms with Crippen molar-refractivity contribution in [3.05, 3.63) is 53.4 Å². The molecule has 1 amide bonds. The lowest BCUT2D eigenvalue weighted by atomic mass is 10.3. The quantitative estimate of drug-likeness (QED) is 0.710. The Balaban J connectivity index is 2.06. The Morgan fingerprint density at radius 3 is 2.92 bits per heavy atom. The summed E-state index contributed by atoms with van der Waals surface area (Å²) in [5.41, 5.74) is 1.42. The SMILES string of the molecule is CC(C(=O)O)n1/c(=N/C(=O)/C=C/c2cnc[nH]2)sc2ccccc21. The van der Waals surface area contributed by atoms with Crippen LogP contribution in [0.2, 0.25) is 0 Å². The Kier molecular flexibility index (Phi) is 4.39. The molecule has 122 valence electrons. The maximum atomic E-state index is 12.1. The van der Waals surface area contributed by atoms with E-state index in [1.165, 1.54) is 23.7 Å². The number of carboxylic acids is 1. The Morgan fingerprint density at radius 1 is 1.42 bits per heavy atom. The van der Waals surface area contributed by atoms with E-state index in [2.05, 4.69) is 15.0 Å². The van der Waals surface area contributed by atoms with Crippen LogP contribution in [0.25, 0.3) is 16.3 Å². The summed E-state index contributed by atoms with van der Waals surface area (Å²) in [6.45, 7) is 1.56. The number of thiazole rings is 1. The molecule has 0 bridgehead atoms. The van der Waals surface area contributed by atoms with Crippen molar-refractivity contribution in [3.8, 4) is 0 Å². The van der Waals surface area contributed by atoms with Gasteiger partial charge >= 0.3 is 5.97 Å². The molecule has 3 aromatic rings. The molecule has 0 spiro atoms. The molecule has 0 radical (unpaired) electrons. The number of hydrogen-bond acceptors (Lipinski definition) is 4. The third-order valence-electron chi connectivity index (χ3n) is 3.41. The summed E-state index contributed by atoms with van der Waals surface area (Å²) in [6.07, 6.45) is 5.97. The normalized spacial score (nSPS) is 13.6. The van der Waals surface area contributed by atoms with E-state index in [0.29, 0.717) is 10.5 Å². The first kappa shape index (κ1) is 15.9. The summed E-state index contributed by atoms with van der Waals surface area (Å²) in [6, 6.07) is 6.54. The van der Waals surface area contributed by atoms with Crippen LogP contribution < -0.4 is 4.80 Å². The lowest BCUT2D eigenvalue weighted by molar-refractivity contribution is -0.140. The first-order chi connectivity index (χ1) is 11.6. The van der Waals surface area contributed by atoms with Crippen LogP contribution in [0.5, 0.6) is 0 Å². The lowest BCUT2D eigenvalue weighted by Gasteiger charge is -2.09. The molecule has 0 aliphatic rings. The Labute approximate surface area is 140 Å². The van der Waals surface area contributed by atoms with Crippen LogP contribution in [-0.4, -0.2) is 31.5 Å². The molecule has 8 heteroatoms. The molecule has 0 fully saturated rings. The van der Waals surface area contributed by atoms with Gasteiger partial charge in [0.15, 0.2) is 4.80 Å². The van der Waals surface area contributed by atoms with Gasteiger partial charge in [-0.2, -0.15) is 4.99 Å². The minimum absolute atomic E-state index is 0.352. The van der Waals surface area contributed by atoms with Crippen molar-refractivity contribution in [1.82, 2.24) is 14.5 Å². The standard InChI is InChI=1S/C16H14N4O3S/c1-10(15(22)23)20-12-4-2-3-5-13(12)24-16(20)19-14(21)7-6-11-8-17-9-18-11/h2-10H,1H3,(H,17,18)(H,22,23)/b7-6+,19-16-. The number of hydrogen-bond donors (Lipinski definition) is 2. The Hall–Kier alpha value is -3.00. The molecule has 0 saturated carbocycles. The number of carboxylic acid groups (broad SMARTS) is 1. The summed E-state index contributed by atoms with van der Waals surface area (Å²) in [5.74, 6) is -1.46. The maximum Gasteiger partial charge on any atom is 0.326 e. The highest BCUT2D eigenvalue weighted by atomic mass is 32.1. The van der Waals surface area contributed by atoms with Crippen LogP contribution in [-0.2, 0) is 9.59 Å². The molecule has 2 heterocycles. The number of carbonyl (C=O) groups excluding carboxylic acids is 1. The highest BCUT2D eigenvalue weighted by molar-refractivity contribution is 7.16. The Morgan fingerprint density at radius 2 is 2.21 bits per heavy atom. The zero-order chi connectivity index (χ0) is 17.1. The zero-order valence-electron chi connectivity index (χ0n) is 12.7. The van der Waals surface area contributed by atoms with E-state index in [1.807, 2.05) is 24.3 Å². The number of aromatic amines is 1. The van der Waals surface area contributed by atoms with Gasteiger partial charge in [-0.3, -0.25) is 4.79 Å². The van der Waals surface area contributed by atoms with Gasteiger partial charge in [0.25, 0.3) is 5.91 Å². The average molecular weight is 342 g/mol. The number of carbonyl (C=O) groups is 2. The van der Waals surface area contributed by atoms with Gasteiger partial charge in [-0.25, -0.2) is 9.78 Å². The summed E-state index contributed by atoms with van der Waals surface area (Å²) in [5, 5.41) is 9.33. The second-order valence-corrected chi connectivity index (χ2v) is 6.04. The largest absolute Gasteiger partial charge is 0.480 e. The first-order valence-corrected chi connectivity index (χ1v) is 7.96.